The fraction of sp³-hybridized carbons (Fsp3) is 0.190. The molecule has 1 atom stereocenters. The van der Waals surface area contributed by atoms with Crippen LogP contribution in [-0.2, 0) is 9.53 Å². The molecule has 0 saturated carbocycles. The molecule has 0 aliphatic rings. The van der Waals surface area contributed by atoms with Crippen molar-refractivity contribution in [3.8, 4) is 5.69 Å². The number of ether oxygens (including phenoxy) is 1. The molecule has 1 aromatic heterocycles. The highest BCUT2D eigenvalue weighted by atomic mass is 35.5. The van der Waals surface area contributed by atoms with Crippen LogP contribution in [0.25, 0.3) is 5.69 Å². The van der Waals surface area contributed by atoms with Gasteiger partial charge in [-0.15, -0.1) is 0 Å². The molecule has 7 heteroatoms. The van der Waals surface area contributed by atoms with Crippen molar-refractivity contribution in [2.45, 2.75) is 19.4 Å². The maximum atomic E-state index is 12.8. The maximum Gasteiger partial charge on any atom is 0.307 e. The number of para-hydroxylation sites is 1. The molecule has 0 radical (unpaired) electrons. The Morgan fingerprint density at radius 2 is 1.82 bits per heavy atom. The first-order chi connectivity index (χ1) is 13.5. The number of hydrogen-bond acceptors (Lipinski definition) is 4. The van der Waals surface area contributed by atoms with Gasteiger partial charge in [-0.3, -0.25) is 9.59 Å². The summed E-state index contributed by atoms with van der Waals surface area (Å²) in [6.45, 7) is 1.88. The number of halogens is 1. The Kier molecular flexibility index (Phi) is 6.11. The largest absolute Gasteiger partial charge is 0.469 e. The normalized spacial score (nSPS) is 11.7. The molecule has 1 amide bonds. The van der Waals surface area contributed by atoms with Crippen LogP contribution < -0.4 is 5.32 Å². The van der Waals surface area contributed by atoms with Crippen LogP contribution in [0.4, 0.5) is 0 Å². The quantitative estimate of drug-likeness (QED) is 0.641. The van der Waals surface area contributed by atoms with E-state index >= 15 is 0 Å². The minimum absolute atomic E-state index is 0.00223. The molecular weight excluding hydrogens is 378 g/mol. The van der Waals surface area contributed by atoms with Crippen molar-refractivity contribution in [3.05, 3.63) is 82.6 Å². The van der Waals surface area contributed by atoms with E-state index in [1.165, 1.54) is 7.11 Å². The van der Waals surface area contributed by atoms with Gasteiger partial charge in [-0.05, 0) is 42.8 Å². The zero-order chi connectivity index (χ0) is 20.1. The van der Waals surface area contributed by atoms with Crippen LogP contribution in [0.2, 0.25) is 5.02 Å². The van der Waals surface area contributed by atoms with Crippen molar-refractivity contribution in [1.29, 1.82) is 0 Å². The lowest BCUT2D eigenvalue weighted by Gasteiger charge is -2.17. The minimum atomic E-state index is -0.556. The topological polar surface area (TPSA) is 73.2 Å². The fourth-order valence-corrected chi connectivity index (χ4v) is 2.97. The van der Waals surface area contributed by atoms with Crippen molar-refractivity contribution < 1.29 is 14.3 Å². The molecule has 1 N–H and O–H groups in total. The Labute approximate surface area is 168 Å². The van der Waals surface area contributed by atoms with Gasteiger partial charge in [-0.2, -0.15) is 5.10 Å². The summed E-state index contributed by atoms with van der Waals surface area (Å²) in [6, 6.07) is 17.7. The van der Waals surface area contributed by atoms with Crippen molar-refractivity contribution in [1.82, 2.24) is 15.1 Å². The molecule has 1 unspecified atom stereocenters. The first-order valence-corrected chi connectivity index (χ1v) is 9.11. The highest BCUT2D eigenvalue weighted by Gasteiger charge is 2.22. The molecule has 3 aromatic rings. The molecule has 0 bridgehead atoms. The average Bonchev–Trinajstić information content (AvgIpc) is 3.10. The first kappa shape index (κ1) is 19.6. The lowest BCUT2D eigenvalue weighted by molar-refractivity contribution is -0.141. The van der Waals surface area contributed by atoms with Gasteiger partial charge in [-0.25, -0.2) is 4.68 Å². The second-order valence-corrected chi connectivity index (χ2v) is 6.71. The van der Waals surface area contributed by atoms with Crippen LogP contribution in [0.1, 0.15) is 34.2 Å². The van der Waals surface area contributed by atoms with E-state index in [0.717, 1.165) is 16.9 Å². The monoisotopic (exact) mass is 397 g/mol. The van der Waals surface area contributed by atoms with Crippen LogP contribution >= 0.6 is 11.6 Å². The van der Waals surface area contributed by atoms with E-state index in [2.05, 4.69) is 10.4 Å². The van der Waals surface area contributed by atoms with Crippen LogP contribution in [0.3, 0.4) is 0 Å². The highest BCUT2D eigenvalue weighted by molar-refractivity contribution is 6.30. The number of hydrogen-bond donors (Lipinski definition) is 1. The lowest BCUT2D eigenvalue weighted by atomic mass is 10.0. The number of nitrogens with one attached hydrogen (secondary N) is 1. The minimum Gasteiger partial charge on any atom is -0.469 e. The summed E-state index contributed by atoms with van der Waals surface area (Å²) in [5, 5.41) is 7.85. The molecule has 0 spiro atoms. The Hall–Kier alpha value is -3.12. The van der Waals surface area contributed by atoms with E-state index in [0.29, 0.717) is 5.02 Å². The molecule has 0 fully saturated rings. The number of carbonyl (C=O) groups is 2. The van der Waals surface area contributed by atoms with Gasteiger partial charge in [0.1, 0.15) is 0 Å². The van der Waals surface area contributed by atoms with Gasteiger partial charge in [0.25, 0.3) is 5.91 Å². The molecule has 0 aliphatic carbocycles. The zero-order valence-corrected chi connectivity index (χ0v) is 16.3. The molecule has 3 rings (SSSR count). The highest BCUT2D eigenvalue weighted by Crippen LogP contribution is 2.21. The molecule has 28 heavy (non-hydrogen) atoms. The fourth-order valence-electron chi connectivity index (χ4n) is 2.85. The number of carbonyl (C=O) groups excluding carboxylic acids is 2. The van der Waals surface area contributed by atoms with E-state index in [1.54, 1.807) is 35.0 Å². The summed E-state index contributed by atoms with van der Waals surface area (Å²) >= 11 is 5.94. The maximum absolute atomic E-state index is 12.8. The summed E-state index contributed by atoms with van der Waals surface area (Å²) in [6.07, 6.45) is 0.00223. The van der Waals surface area contributed by atoms with Crippen molar-refractivity contribution in [3.63, 3.8) is 0 Å². The predicted octanol–water partition coefficient (Wildman–Crippen LogP) is 3.87. The third kappa shape index (κ3) is 4.58. The predicted molar refractivity (Wildman–Crippen MR) is 107 cm³/mol. The number of aryl methyl sites for hydroxylation is 1. The molecule has 2 aromatic carbocycles. The summed E-state index contributed by atoms with van der Waals surface area (Å²) < 4.78 is 6.46. The first-order valence-electron chi connectivity index (χ1n) is 8.73. The Morgan fingerprint density at radius 1 is 1.14 bits per heavy atom. The van der Waals surface area contributed by atoms with E-state index in [9.17, 15) is 9.59 Å². The number of esters is 1. The van der Waals surface area contributed by atoms with Crippen LogP contribution in [0.15, 0.2) is 60.7 Å². The Bertz CT molecular complexity index is 968. The number of nitrogens with zero attached hydrogens (tertiary/aromatic N) is 2. The number of benzene rings is 2. The van der Waals surface area contributed by atoms with Crippen molar-refractivity contribution in [2.24, 2.45) is 0 Å². The second kappa shape index (κ2) is 8.71. The van der Waals surface area contributed by atoms with Gasteiger partial charge >= 0.3 is 5.97 Å². The molecule has 0 saturated heterocycles. The van der Waals surface area contributed by atoms with E-state index in [4.69, 9.17) is 16.3 Å². The van der Waals surface area contributed by atoms with Gasteiger partial charge in [0.15, 0.2) is 5.69 Å². The lowest BCUT2D eigenvalue weighted by Crippen LogP contribution is -2.30. The Balaban J connectivity index is 1.83. The zero-order valence-electron chi connectivity index (χ0n) is 15.6. The summed E-state index contributed by atoms with van der Waals surface area (Å²) in [7, 11) is 1.31. The third-order valence-electron chi connectivity index (χ3n) is 4.30. The van der Waals surface area contributed by atoms with E-state index < -0.39 is 12.0 Å². The molecule has 0 aliphatic heterocycles. The standard InChI is InChI=1S/C21H20ClN3O3/c1-14-12-19(24-25(14)17-6-4-3-5-7-17)21(27)23-18(13-20(26)28-2)15-8-10-16(22)11-9-15/h3-12,18H,13H2,1-2H3,(H,23,27). The van der Waals surface area contributed by atoms with Crippen LogP contribution in [0, 0.1) is 6.92 Å². The van der Waals surface area contributed by atoms with Gasteiger partial charge in [-0.1, -0.05) is 41.9 Å². The van der Waals surface area contributed by atoms with Gasteiger partial charge in [0.05, 0.1) is 25.3 Å². The number of aromatic nitrogens is 2. The van der Waals surface area contributed by atoms with Crippen molar-refractivity contribution >= 4 is 23.5 Å². The number of rotatable bonds is 6. The summed E-state index contributed by atoms with van der Waals surface area (Å²) in [5.74, 6) is -0.798. The van der Waals surface area contributed by atoms with E-state index in [1.807, 2.05) is 37.3 Å². The SMILES string of the molecule is COC(=O)CC(NC(=O)c1cc(C)n(-c2ccccc2)n1)c1ccc(Cl)cc1. The molecule has 1 heterocycles. The van der Waals surface area contributed by atoms with Gasteiger partial charge in [0, 0.05) is 10.7 Å². The smallest absolute Gasteiger partial charge is 0.307 e. The second-order valence-electron chi connectivity index (χ2n) is 6.28. The molecule has 144 valence electrons. The number of amides is 1. The van der Waals surface area contributed by atoms with Crippen molar-refractivity contribution in [2.75, 3.05) is 7.11 Å². The molecular formula is C21H20ClN3O3. The van der Waals surface area contributed by atoms with Crippen LogP contribution in [0.5, 0.6) is 0 Å². The summed E-state index contributed by atoms with van der Waals surface area (Å²) in [4.78, 5) is 24.6. The van der Waals surface area contributed by atoms with Gasteiger partial charge in [0.2, 0.25) is 0 Å². The third-order valence-corrected chi connectivity index (χ3v) is 4.55. The van der Waals surface area contributed by atoms with E-state index in [-0.39, 0.29) is 18.0 Å². The Morgan fingerprint density at radius 3 is 2.46 bits per heavy atom. The summed E-state index contributed by atoms with van der Waals surface area (Å²) in [5.41, 5.74) is 2.71. The average molecular weight is 398 g/mol. The van der Waals surface area contributed by atoms with Crippen LogP contribution in [-0.4, -0.2) is 28.8 Å². The molecule has 6 nitrogen and oxygen atoms in total. The van der Waals surface area contributed by atoms with Gasteiger partial charge < -0.3 is 10.1 Å². The number of methoxy groups -OCH3 is 1.